The fourth-order valence-corrected chi connectivity index (χ4v) is 4.29. The largest absolute Gasteiger partial charge is 0.440 e. The van der Waals surface area contributed by atoms with Gasteiger partial charge in [-0.15, -0.1) is 0 Å². The van der Waals surface area contributed by atoms with Crippen LogP contribution in [0.15, 0.2) is 89.3 Å². The molecule has 1 fully saturated rings. The molecule has 3 aromatic carbocycles. The van der Waals surface area contributed by atoms with Crippen LogP contribution in [0, 0.1) is 0 Å². The minimum atomic E-state index is -0.135. The molecule has 0 aliphatic carbocycles. The van der Waals surface area contributed by atoms with E-state index >= 15 is 0 Å². The van der Waals surface area contributed by atoms with Crippen molar-refractivity contribution in [1.29, 1.82) is 0 Å². The third kappa shape index (κ3) is 5.32. The highest BCUT2D eigenvalue weighted by molar-refractivity contribution is 5.96. The molecular formula is C29H27N3O3. The van der Waals surface area contributed by atoms with Crippen LogP contribution in [-0.4, -0.2) is 34.8 Å². The van der Waals surface area contributed by atoms with Gasteiger partial charge in [-0.25, -0.2) is 4.98 Å². The van der Waals surface area contributed by atoms with Gasteiger partial charge in [0.2, 0.25) is 5.91 Å². The summed E-state index contributed by atoms with van der Waals surface area (Å²) in [6.45, 7) is 1.63. The van der Waals surface area contributed by atoms with Crippen LogP contribution in [0.25, 0.3) is 22.6 Å². The molecule has 1 aromatic heterocycles. The Bertz CT molecular complexity index is 1240. The van der Waals surface area contributed by atoms with Crippen LogP contribution in [0.5, 0.6) is 0 Å². The van der Waals surface area contributed by atoms with Crippen molar-refractivity contribution < 1.29 is 14.0 Å². The first-order valence-electron chi connectivity index (χ1n) is 12.0. The predicted molar refractivity (Wildman–Crippen MR) is 136 cm³/mol. The standard InChI is InChI=1S/C29H27N3O3/c33-25(30-24-15-13-23(14-16-24)29(34)32-19-7-8-20-32)17-18-26-31-27(21-9-3-1-4-10-21)28(35-26)22-11-5-2-6-12-22/h1-6,9-16H,7-8,17-20H2,(H,30,33). The number of hydrogen-bond acceptors (Lipinski definition) is 4. The van der Waals surface area contributed by atoms with Crippen LogP contribution in [-0.2, 0) is 11.2 Å². The molecule has 6 heteroatoms. The molecule has 0 bridgehead atoms. The van der Waals surface area contributed by atoms with Crippen molar-refractivity contribution in [2.24, 2.45) is 0 Å². The summed E-state index contributed by atoms with van der Waals surface area (Å²) in [5.74, 6) is 1.13. The van der Waals surface area contributed by atoms with Gasteiger partial charge >= 0.3 is 0 Å². The second-order valence-electron chi connectivity index (χ2n) is 8.64. The van der Waals surface area contributed by atoms with E-state index in [0.29, 0.717) is 29.3 Å². The summed E-state index contributed by atoms with van der Waals surface area (Å²) in [4.78, 5) is 31.7. The summed E-state index contributed by atoms with van der Waals surface area (Å²) in [6, 6.07) is 26.8. The van der Waals surface area contributed by atoms with Crippen molar-refractivity contribution in [3.05, 3.63) is 96.4 Å². The van der Waals surface area contributed by atoms with E-state index in [4.69, 9.17) is 9.40 Å². The molecule has 0 spiro atoms. The van der Waals surface area contributed by atoms with Gasteiger partial charge in [0.05, 0.1) is 0 Å². The Morgan fingerprint density at radius 3 is 2.11 bits per heavy atom. The quantitative estimate of drug-likeness (QED) is 0.373. The van der Waals surface area contributed by atoms with Crippen LogP contribution in [0.1, 0.15) is 35.5 Å². The van der Waals surface area contributed by atoms with E-state index in [2.05, 4.69) is 5.32 Å². The van der Waals surface area contributed by atoms with E-state index in [1.165, 1.54) is 0 Å². The lowest BCUT2D eigenvalue weighted by Gasteiger charge is -2.15. The molecule has 0 radical (unpaired) electrons. The summed E-state index contributed by atoms with van der Waals surface area (Å²) >= 11 is 0. The number of nitrogens with zero attached hydrogens (tertiary/aromatic N) is 2. The number of likely N-dealkylation sites (tertiary alicyclic amines) is 1. The van der Waals surface area contributed by atoms with E-state index in [1.54, 1.807) is 24.3 Å². The minimum Gasteiger partial charge on any atom is -0.440 e. The molecular weight excluding hydrogens is 438 g/mol. The Kier molecular flexibility index (Phi) is 6.70. The fourth-order valence-electron chi connectivity index (χ4n) is 4.29. The normalized spacial score (nSPS) is 13.1. The summed E-state index contributed by atoms with van der Waals surface area (Å²) in [7, 11) is 0. The van der Waals surface area contributed by atoms with Gasteiger partial charge in [-0.1, -0.05) is 60.7 Å². The molecule has 6 nitrogen and oxygen atoms in total. The Hall–Kier alpha value is -4.19. The first-order chi connectivity index (χ1) is 17.2. The lowest BCUT2D eigenvalue weighted by atomic mass is 10.1. The average molecular weight is 466 g/mol. The summed E-state index contributed by atoms with van der Waals surface area (Å²) < 4.78 is 6.11. The SMILES string of the molecule is O=C(CCc1nc(-c2ccccc2)c(-c2ccccc2)o1)Nc1ccc(C(=O)N2CCCC2)cc1. The maximum atomic E-state index is 12.6. The molecule has 5 rings (SSSR count). The smallest absolute Gasteiger partial charge is 0.253 e. The first-order valence-corrected chi connectivity index (χ1v) is 12.0. The van der Waals surface area contributed by atoms with Crippen LogP contribution in [0.2, 0.25) is 0 Å². The Labute approximate surface area is 204 Å². The van der Waals surface area contributed by atoms with Crippen molar-refractivity contribution in [2.75, 3.05) is 18.4 Å². The second-order valence-corrected chi connectivity index (χ2v) is 8.64. The zero-order valence-corrected chi connectivity index (χ0v) is 19.4. The van der Waals surface area contributed by atoms with Gasteiger partial charge in [-0.05, 0) is 37.1 Å². The van der Waals surface area contributed by atoms with E-state index in [-0.39, 0.29) is 18.2 Å². The van der Waals surface area contributed by atoms with Gasteiger partial charge in [0.1, 0.15) is 5.69 Å². The molecule has 2 heterocycles. The third-order valence-corrected chi connectivity index (χ3v) is 6.13. The number of hydrogen-bond donors (Lipinski definition) is 1. The van der Waals surface area contributed by atoms with Crippen molar-refractivity contribution in [1.82, 2.24) is 9.88 Å². The van der Waals surface area contributed by atoms with Gasteiger partial charge < -0.3 is 14.6 Å². The topological polar surface area (TPSA) is 75.4 Å². The van der Waals surface area contributed by atoms with E-state index in [9.17, 15) is 9.59 Å². The van der Waals surface area contributed by atoms with Gasteiger partial charge in [0.25, 0.3) is 5.91 Å². The number of rotatable bonds is 7. The monoisotopic (exact) mass is 465 g/mol. The zero-order chi connectivity index (χ0) is 24.0. The van der Waals surface area contributed by atoms with E-state index < -0.39 is 0 Å². The number of oxazole rings is 1. The maximum Gasteiger partial charge on any atom is 0.253 e. The predicted octanol–water partition coefficient (Wildman–Crippen LogP) is 5.82. The molecule has 2 amide bonds. The molecule has 1 saturated heterocycles. The maximum absolute atomic E-state index is 12.6. The van der Waals surface area contributed by atoms with Crippen molar-refractivity contribution in [3.8, 4) is 22.6 Å². The van der Waals surface area contributed by atoms with Crippen molar-refractivity contribution in [2.45, 2.75) is 25.7 Å². The molecule has 0 saturated carbocycles. The molecule has 35 heavy (non-hydrogen) atoms. The number of carbonyl (C=O) groups is 2. The Morgan fingerprint density at radius 2 is 1.46 bits per heavy atom. The molecule has 176 valence electrons. The lowest BCUT2D eigenvalue weighted by Crippen LogP contribution is -2.27. The Balaban J connectivity index is 1.24. The minimum absolute atomic E-state index is 0.0488. The van der Waals surface area contributed by atoms with Gasteiger partial charge in [0.15, 0.2) is 11.7 Å². The van der Waals surface area contributed by atoms with Crippen LogP contribution >= 0.6 is 0 Å². The average Bonchev–Trinajstić information content (AvgIpc) is 3.59. The summed E-state index contributed by atoms with van der Waals surface area (Å²) in [5, 5.41) is 2.90. The molecule has 1 N–H and O–H groups in total. The molecule has 0 atom stereocenters. The van der Waals surface area contributed by atoms with E-state index in [1.807, 2.05) is 65.6 Å². The first kappa shape index (κ1) is 22.6. The van der Waals surface area contributed by atoms with Gasteiger partial charge in [-0.2, -0.15) is 0 Å². The number of anilines is 1. The Morgan fingerprint density at radius 1 is 0.829 bits per heavy atom. The summed E-state index contributed by atoms with van der Waals surface area (Å²) in [5.41, 5.74) is 3.99. The lowest BCUT2D eigenvalue weighted by molar-refractivity contribution is -0.116. The number of benzene rings is 3. The summed E-state index contributed by atoms with van der Waals surface area (Å²) in [6.07, 6.45) is 2.73. The number of nitrogens with one attached hydrogen (secondary N) is 1. The van der Waals surface area contributed by atoms with Gasteiger partial charge in [0, 0.05) is 48.3 Å². The third-order valence-electron chi connectivity index (χ3n) is 6.13. The molecule has 4 aromatic rings. The highest BCUT2D eigenvalue weighted by atomic mass is 16.4. The van der Waals surface area contributed by atoms with Crippen molar-refractivity contribution >= 4 is 17.5 Å². The number of aromatic nitrogens is 1. The highest BCUT2D eigenvalue weighted by Crippen LogP contribution is 2.32. The molecule has 1 aliphatic heterocycles. The van der Waals surface area contributed by atoms with Crippen LogP contribution in [0.4, 0.5) is 5.69 Å². The molecule has 1 aliphatic rings. The molecule has 0 unspecified atom stereocenters. The highest BCUT2D eigenvalue weighted by Gasteiger charge is 2.20. The van der Waals surface area contributed by atoms with Crippen LogP contribution in [0.3, 0.4) is 0 Å². The van der Waals surface area contributed by atoms with E-state index in [0.717, 1.165) is 42.8 Å². The zero-order valence-electron chi connectivity index (χ0n) is 19.4. The number of carbonyl (C=O) groups excluding carboxylic acids is 2. The van der Waals surface area contributed by atoms with Crippen LogP contribution < -0.4 is 5.32 Å². The second kappa shape index (κ2) is 10.4. The fraction of sp³-hybridized carbons (Fsp3) is 0.207. The van der Waals surface area contributed by atoms with Gasteiger partial charge in [-0.3, -0.25) is 9.59 Å². The van der Waals surface area contributed by atoms with Crippen molar-refractivity contribution in [3.63, 3.8) is 0 Å². The number of aryl methyl sites for hydroxylation is 1. The number of amides is 2.